The summed E-state index contributed by atoms with van der Waals surface area (Å²) in [6.07, 6.45) is 3.35. The zero-order valence-electron chi connectivity index (χ0n) is 11.6. The zero-order chi connectivity index (χ0) is 13.9. The monoisotopic (exact) mass is 262 g/mol. The number of rotatable bonds is 4. The molecule has 1 atom stereocenters. The van der Waals surface area contributed by atoms with Gasteiger partial charge in [0.1, 0.15) is 5.54 Å². The van der Waals surface area contributed by atoms with Crippen molar-refractivity contribution < 1.29 is 9.90 Å². The largest absolute Gasteiger partial charge is 0.480 e. The lowest BCUT2D eigenvalue weighted by Crippen LogP contribution is -2.55. The minimum atomic E-state index is -0.919. The van der Waals surface area contributed by atoms with Crippen molar-refractivity contribution >= 4 is 11.7 Å². The van der Waals surface area contributed by atoms with Crippen LogP contribution in [-0.4, -0.2) is 36.8 Å². The quantitative estimate of drug-likeness (QED) is 0.870. The molecular formula is C15H22N2O2. The number of aliphatic carboxylic acids is 1. The van der Waals surface area contributed by atoms with E-state index in [1.54, 1.807) is 14.0 Å². The van der Waals surface area contributed by atoms with Gasteiger partial charge in [-0.05, 0) is 44.9 Å². The van der Waals surface area contributed by atoms with E-state index >= 15 is 0 Å². The number of nitrogens with one attached hydrogen (secondary N) is 1. The lowest BCUT2D eigenvalue weighted by atomic mass is 10.0. The van der Waals surface area contributed by atoms with Gasteiger partial charge < -0.3 is 15.3 Å². The Kier molecular flexibility index (Phi) is 4.10. The fraction of sp³-hybridized carbons (Fsp3) is 0.533. The van der Waals surface area contributed by atoms with Crippen molar-refractivity contribution in [2.24, 2.45) is 0 Å². The summed E-state index contributed by atoms with van der Waals surface area (Å²) in [7, 11) is 1.71. The number of nitrogens with zero attached hydrogens (tertiary/aromatic N) is 1. The highest BCUT2D eigenvalue weighted by atomic mass is 16.4. The van der Waals surface area contributed by atoms with E-state index in [2.05, 4.69) is 28.4 Å². The third-order valence-electron chi connectivity index (χ3n) is 3.99. The van der Waals surface area contributed by atoms with Gasteiger partial charge in [0, 0.05) is 18.8 Å². The van der Waals surface area contributed by atoms with Crippen molar-refractivity contribution in [3.8, 4) is 0 Å². The third-order valence-corrected chi connectivity index (χ3v) is 3.99. The molecule has 0 saturated heterocycles. The standard InChI is InChI=1S/C15H22N2O2/c1-15(16-2,14(18)19)11-17-10-6-5-8-12-7-3-4-9-13(12)17/h3-4,7,9,16H,5-6,8,10-11H2,1-2H3,(H,18,19). The second kappa shape index (κ2) is 5.61. The molecule has 0 radical (unpaired) electrons. The molecule has 0 amide bonds. The molecule has 1 aromatic rings. The van der Waals surface area contributed by atoms with Gasteiger partial charge in [-0.2, -0.15) is 0 Å². The summed E-state index contributed by atoms with van der Waals surface area (Å²) in [6, 6.07) is 8.31. The van der Waals surface area contributed by atoms with Gasteiger partial charge in [0.25, 0.3) is 0 Å². The van der Waals surface area contributed by atoms with Crippen LogP contribution < -0.4 is 10.2 Å². The van der Waals surface area contributed by atoms with E-state index < -0.39 is 11.5 Å². The Hall–Kier alpha value is -1.55. The van der Waals surface area contributed by atoms with E-state index in [4.69, 9.17) is 0 Å². The van der Waals surface area contributed by atoms with Gasteiger partial charge in [0.2, 0.25) is 0 Å². The lowest BCUT2D eigenvalue weighted by molar-refractivity contribution is -0.143. The number of hydrogen-bond acceptors (Lipinski definition) is 3. The van der Waals surface area contributed by atoms with Crippen LogP contribution in [-0.2, 0) is 11.2 Å². The van der Waals surface area contributed by atoms with Gasteiger partial charge in [-0.3, -0.25) is 4.79 Å². The topological polar surface area (TPSA) is 52.6 Å². The average molecular weight is 262 g/mol. The molecule has 1 aromatic carbocycles. The number of carbonyl (C=O) groups is 1. The number of hydrogen-bond donors (Lipinski definition) is 2. The summed E-state index contributed by atoms with van der Waals surface area (Å²) in [6.45, 7) is 3.14. The molecule has 1 aliphatic rings. The van der Waals surface area contributed by atoms with E-state index in [0.29, 0.717) is 6.54 Å². The molecule has 1 heterocycles. The van der Waals surface area contributed by atoms with Crippen LogP contribution in [0.4, 0.5) is 5.69 Å². The normalized spacial score (nSPS) is 18.3. The maximum atomic E-state index is 11.4. The van der Waals surface area contributed by atoms with Crippen LogP contribution in [0.15, 0.2) is 24.3 Å². The fourth-order valence-corrected chi connectivity index (χ4v) is 2.57. The number of aryl methyl sites for hydroxylation is 1. The Morgan fingerprint density at radius 2 is 2.16 bits per heavy atom. The first kappa shape index (κ1) is 13.9. The summed E-state index contributed by atoms with van der Waals surface area (Å²) in [4.78, 5) is 13.6. The number of para-hydroxylation sites is 1. The van der Waals surface area contributed by atoms with Gasteiger partial charge in [-0.25, -0.2) is 0 Å². The van der Waals surface area contributed by atoms with Crippen molar-refractivity contribution in [3.63, 3.8) is 0 Å². The number of carboxylic acids is 1. The molecule has 1 unspecified atom stereocenters. The Labute approximate surface area is 114 Å². The van der Waals surface area contributed by atoms with E-state index in [-0.39, 0.29) is 0 Å². The van der Waals surface area contributed by atoms with Crippen LogP contribution in [0, 0.1) is 0 Å². The Balaban J connectivity index is 2.27. The van der Waals surface area contributed by atoms with Crippen LogP contribution in [0.5, 0.6) is 0 Å². The van der Waals surface area contributed by atoms with Crippen molar-refractivity contribution in [1.29, 1.82) is 0 Å². The molecule has 104 valence electrons. The maximum absolute atomic E-state index is 11.4. The molecule has 2 rings (SSSR count). The maximum Gasteiger partial charge on any atom is 0.325 e. The van der Waals surface area contributed by atoms with E-state index in [9.17, 15) is 9.90 Å². The van der Waals surface area contributed by atoms with Crippen LogP contribution in [0.2, 0.25) is 0 Å². The van der Waals surface area contributed by atoms with Gasteiger partial charge in [0.15, 0.2) is 0 Å². The third kappa shape index (κ3) is 2.89. The minimum Gasteiger partial charge on any atom is -0.480 e. The summed E-state index contributed by atoms with van der Waals surface area (Å²) < 4.78 is 0. The first-order chi connectivity index (χ1) is 9.07. The molecule has 19 heavy (non-hydrogen) atoms. The lowest BCUT2D eigenvalue weighted by Gasteiger charge is -2.33. The predicted octanol–water partition coefficient (Wildman–Crippen LogP) is 1.89. The van der Waals surface area contributed by atoms with Crippen molar-refractivity contribution in [2.45, 2.75) is 31.7 Å². The van der Waals surface area contributed by atoms with Crippen LogP contribution in [0.3, 0.4) is 0 Å². The fourth-order valence-electron chi connectivity index (χ4n) is 2.57. The van der Waals surface area contributed by atoms with Gasteiger partial charge in [-0.15, -0.1) is 0 Å². The minimum absolute atomic E-state index is 0.482. The molecule has 4 nitrogen and oxygen atoms in total. The molecule has 0 aromatic heterocycles. The van der Waals surface area contributed by atoms with E-state index in [1.807, 2.05) is 6.07 Å². The first-order valence-electron chi connectivity index (χ1n) is 6.82. The number of anilines is 1. The summed E-state index contributed by atoms with van der Waals surface area (Å²) in [5.41, 5.74) is 1.59. The second-order valence-corrected chi connectivity index (χ2v) is 5.39. The molecule has 2 N–H and O–H groups in total. The highest BCUT2D eigenvalue weighted by molar-refractivity contribution is 5.79. The SMILES string of the molecule is CNC(C)(CN1CCCCc2ccccc21)C(=O)O. The van der Waals surface area contributed by atoms with E-state index in [1.165, 1.54) is 11.3 Å². The predicted molar refractivity (Wildman–Crippen MR) is 76.7 cm³/mol. The average Bonchev–Trinajstić information content (AvgIpc) is 2.61. The summed E-state index contributed by atoms with van der Waals surface area (Å²) >= 11 is 0. The van der Waals surface area contributed by atoms with Crippen molar-refractivity contribution in [2.75, 3.05) is 25.0 Å². The highest BCUT2D eigenvalue weighted by Gasteiger charge is 2.34. The zero-order valence-corrected chi connectivity index (χ0v) is 11.6. The molecule has 0 spiro atoms. The molecule has 1 aliphatic heterocycles. The Morgan fingerprint density at radius 1 is 1.42 bits per heavy atom. The first-order valence-corrected chi connectivity index (χ1v) is 6.82. The van der Waals surface area contributed by atoms with Crippen LogP contribution in [0.1, 0.15) is 25.3 Å². The van der Waals surface area contributed by atoms with Crippen LogP contribution in [0.25, 0.3) is 0 Å². The number of fused-ring (bicyclic) bond motifs is 1. The Bertz CT molecular complexity index is 461. The summed E-state index contributed by atoms with van der Waals surface area (Å²) in [5, 5.41) is 12.3. The highest BCUT2D eigenvalue weighted by Crippen LogP contribution is 2.27. The molecule has 0 saturated carbocycles. The molecule has 4 heteroatoms. The van der Waals surface area contributed by atoms with Gasteiger partial charge >= 0.3 is 5.97 Å². The smallest absolute Gasteiger partial charge is 0.325 e. The Morgan fingerprint density at radius 3 is 2.84 bits per heavy atom. The van der Waals surface area contributed by atoms with Crippen LogP contribution >= 0.6 is 0 Å². The number of likely N-dealkylation sites (N-methyl/N-ethyl adjacent to an activating group) is 1. The van der Waals surface area contributed by atoms with Crippen molar-refractivity contribution in [3.05, 3.63) is 29.8 Å². The van der Waals surface area contributed by atoms with Crippen molar-refractivity contribution in [1.82, 2.24) is 5.32 Å². The summed E-state index contributed by atoms with van der Waals surface area (Å²) in [5.74, 6) is -0.809. The molecule has 0 fully saturated rings. The van der Waals surface area contributed by atoms with Gasteiger partial charge in [0.05, 0.1) is 0 Å². The number of benzene rings is 1. The van der Waals surface area contributed by atoms with E-state index in [0.717, 1.165) is 25.8 Å². The van der Waals surface area contributed by atoms with Gasteiger partial charge in [-0.1, -0.05) is 18.2 Å². The molecule has 0 aliphatic carbocycles. The second-order valence-electron chi connectivity index (χ2n) is 5.39. The molecular weight excluding hydrogens is 240 g/mol. The number of carboxylic acid groups (broad SMARTS) is 1. The molecule has 0 bridgehead atoms.